The zero-order valence-electron chi connectivity index (χ0n) is 12.3. The highest BCUT2D eigenvalue weighted by Gasteiger charge is 2.08. The molecule has 0 atom stereocenters. The summed E-state index contributed by atoms with van der Waals surface area (Å²) in [5.74, 6) is 0.148. The van der Waals surface area contributed by atoms with Crippen LogP contribution in [0.1, 0.15) is 15.9 Å². The maximum Gasteiger partial charge on any atom is 0.167 e. The first-order valence-electron chi connectivity index (χ1n) is 7.00. The molecule has 0 unspecified atom stereocenters. The topological polar surface area (TPSA) is 36.1 Å². The number of aromatic nitrogens is 1. The van der Waals surface area contributed by atoms with Gasteiger partial charge in [-0.15, -0.1) is 0 Å². The van der Waals surface area contributed by atoms with Crippen molar-refractivity contribution in [1.29, 1.82) is 0 Å². The fourth-order valence-electron chi connectivity index (χ4n) is 2.45. The van der Waals surface area contributed by atoms with Crippen LogP contribution in [0, 0.1) is 0 Å². The number of rotatable bonds is 4. The lowest BCUT2D eigenvalue weighted by atomic mass is 10.0. The van der Waals surface area contributed by atoms with E-state index in [-0.39, 0.29) is 5.78 Å². The molecule has 106 valence electrons. The molecule has 1 N–H and O–H groups in total. The molecule has 3 nitrogen and oxygen atoms in total. The van der Waals surface area contributed by atoms with E-state index < -0.39 is 0 Å². The first-order valence-corrected chi connectivity index (χ1v) is 7.00. The summed E-state index contributed by atoms with van der Waals surface area (Å²) in [5, 5.41) is 1.14. The molecule has 3 aromatic rings. The molecular formula is C18H18N2O. The zero-order chi connectivity index (χ0) is 14.8. The smallest absolute Gasteiger partial charge is 0.167 e. The lowest BCUT2D eigenvalue weighted by Gasteiger charge is -2.12. The lowest BCUT2D eigenvalue weighted by molar-refractivity contribution is 0.0993. The second kappa shape index (κ2) is 5.44. The number of hydrogen-bond acceptors (Lipinski definition) is 2. The molecule has 2 aromatic carbocycles. The number of fused-ring (bicyclic) bond motifs is 1. The zero-order valence-corrected chi connectivity index (χ0v) is 12.3. The second-order valence-electron chi connectivity index (χ2n) is 5.44. The van der Waals surface area contributed by atoms with E-state index in [1.54, 1.807) is 0 Å². The number of nitrogens with one attached hydrogen (secondary N) is 1. The van der Waals surface area contributed by atoms with E-state index in [2.05, 4.69) is 11.1 Å². The molecule has 0 fully saturated rings. The predicted molar refractivity (Wildman–Crippen MR) is 87.1 cm³/mol. The largest absolute Gasteiger partial charge is 0.378 e. The van der Waals surface area contributed by atoms with Crippen molar-refractivity contribution in [2.24, 2.45) is 0 Å². The van der Waals surface area contributed by atoms with Crippen molar-refractivity contribution in [2.75, 3.05) is 19.0 Å². The first kappa shape index (κ1) is 13.4. The Morgan fingerprint density at radius 3 is 2.52 bits per heavy atom. The number of ketones is 1. The van der Waals surface area contributed by atoms with Crippen molar-refractivity contribution < 1.29 is 4.79 Å². The number of anilines is 1. The van der Waals surface area contributed by atoms with E-state index in [1.165, 1.54) is 0 Å². The van der Waals surface area contributed by atoms with Crippen molar-refractivity contribution in [3.63, 3.8) is 0 Å². The van der Waals surface area contributed by atoms with Gasteiger partial charge in [0.1, 0.15) is 0 Å². The Kier molecular flexibility index (Phi) is 3.48. The molecule has 21 heavy (non-hydrogen) atoms. The summed E-state index contributed by atoms with van der Waals surface area (Å²) in [4.78, 5) is 17.5. The quantitative estimate of drug-likeness (QED) is 0.739. The second-order valence-corrected chi connectivity index (χ2v) is 5.44. The summed E-state index contributed by atoms with van der Waals surface area (Å²) in [6, 6.07) is 15.9. The van der Waals surface area contributed by atoms with Crippen molar-refractivity contribution >= 4 is 22.4 Å². The molecule has 0 aliphatic rings. The molecule has 0 aliphatic carbocycles. The first-order chi connectivity index (χ1) is 10.1. The summed E-state index contributed by atoms with van der Waals surface area (Å²) >= 11 is 0. The van der Waals surface area contributed by atoms with Gasteiger partial charge in [0.2, 0.25) is 0 Å². The standard InChI is InChI=1S/C18H18N2O/c1-20(2)16-6-4-14(5-7-16)18(21)12-13-3-8-17-15(11-13)9-10-19-17/h3-11,19H,12H2,1-2H3. The van der Waals surface area contributed by atoms with Gasteiger partial charge in [0.05, 0.1) is 0 Å². The Labute approximate surface area is 124 Å². The van der Waals surface area contributed by atoms with E-state index in [1.807, 2.05) is 67.7 Å². The highest BCUT2D eigenvalue weighted by atomic mass is 16.1. The Morgan fingerprint density at radius 2 is 1.81 bits per heavy atom. The summed E-state index contributed by atoms with van der Waals surface area (Å²) < 4.78 is 0. The predicted octanol–water partition coefficient (Wildman–Crippen LogP) is 3.66. The van der Waals surface area contributed by atoms with Crippen LogP contribution in [-0.2, 0) is 6.42 Å². The molecule has 0 aliphatic heterocycles. The monoisotopic (exact) mass is 278 g/mol. The molecule has 3 rings (SSSR count). The van der Waals surface area contributed by atoms with Gasteiger partial charge in [-0.1, -0.05) is 6.07 Å². The van der Waals surface area contributed by atoms with Crippen molar-refractivity contribution in [1.82, 2.24) is 4.98 Å². The number of H-pyrrole nitrogens is 1. The van der Waals surface area contributed by atoms with Gasteiger partial charge in [-0.2, -0.15) is 0 Å². The molecule has 3 heteroatoms. The highest BCUT2D eigenvalue weighted by molar-refractivity contribution is 5.98. The van der Waals surface area contributed by atoms with E-state index >= 15 is 0 Å². The third kappa shape index (κ3) is 2.82. The van der Waals surface area contributed by atoms with Gasteiger partial charge in [-0.25, -0.2) is 0 Å². The molecule has 0 radical (unpaired) electrons. The molecule has 1 aromatic heterocycles. The van der Waals surface area contributed by atoms with Crippen molar-refractivity contribution in [2.45, 2.75) is 6.42 Å². The third-order valence-electron chi connectivity index (χ3n) is 3.69. The molecule has 0 bridgehead atoms. The SMILES string of the molecule is CN(C)c1ccc(C(=O)Cc2ccc3[nH]ccc3c2)cc1. The van der Waals surface area contributed by atoms with Crippen LogP contribution in [0.15, 0.2) is 54.7 Å². The molecule has 0 saturated heterocycles. The van der Waals surface area contributed by atoms with Gasteiger partial charge in [-0.3, -0.25) is 4.79 Å². The van der Waals surface area contributed by atoms with E-state index in [4.69, 9.17) is 0 Å². The fraction of sp³-hybridized carbons (Fsp3) is 0.167. The third-order valence-corrected chi connectivity index (χ3v) is 3.69. The maximum atomic E-state index is 12.3. The average molecular weight is 278 g/mol. The van der Waals surface area contributed by atoms with Gasteiger partial charge in [0.15, 0.2) is 5.78 Å². The van der Waals surface area contributed by atoms with Crippen LogP contribution in [0.25, 0.3) is 10.9 Å². The Morgan fingerprint density at radius 1 is 1.05 bits per heavy atom. The van der Waals surface area contributed by atoms with Gasteiger partial charge in [0, 0.05) is 43.5 Å². The van der Waals surface area contributed by atoms with Crippen LogP contribution < -0.4 is 4.90 Å². The minimum atomic E-state index is 0.148. The number of aromatic amines is 1. The van der Waals surface area contributed by atoms with Gasteiger partial charge < -0.3 is 9.88 Å². The molecular weight excluding hydrogens is 260 g/mol. The summed E-state index contributed by atoms with van der Waals surface area (Å²) in [6.07, 6.45) is 2.35. The van der Waals surface area contributed by atoms with E-state index in [0.29, 0.717) is 6.42 Å². The van der Waals surface area contributed by atoms with Crippen LogP contribution >= 0.6 is 0 Å². The minimum Gasteiger partial charge on any atom is -0.378 e. The number of benzene rings is 2. The summed E-state index contributed by atoms with van der Waals surface area (Å²) in [6.45, 7) is 0. The number of nitrogens with zero attached hydrogens (tertiary/aromatic N) is 1. The highest BCUT2D eigenvalue weighted by Crippen LogP contribution is 2.17. The van der Waals surface area contributed by atoms with Crippen molar-refractivity contribution in [3.05, 3.63) is 65.9 Å². The normalized spacial score (nSPS) is 10.8. The average Bonchev–Trinajstić information content (AvgIpc) is 2.95. The molecule has 1 heterocycles. The minimum absolute atomic E-state index is 0.148. The van der Waals surface area contributed by atoms with Crippen molar-refractivity contribution in [3.8, 4) is 0 Å². The molecule has 0 saturated carbocycles. The van der Waals surface area contributed by atoms with Crippen LogP contribution in [0.4, 0.5) is 5.69 Å². The van der Waals surface area contributed by atoms with Crippen LogP contribution in [-0.4, -0.2) is 24.9 Å². The Hall–Kier alpha value is -2.55. The number of carbonyl (C=O) groups excluding carboxylic acids is 1. The van der Waals surface area contributed by atoms with E-state index in [0.717, 1.165) is 27.7 Å². The van der Waals surface area contributed by atoms with Crippen LogP contribution in [0.2, 0.25) is 0 Å². The van der Waals surface area contributed by atoms with Crippen LogP contribution in [0.5, 0.6) is 0 Å². The maximum absolute atomic E-state index is 12.3. The van der Waals surface area contributed by atoms with E-state index in [9.17, 15) is 4.79 Å². The number of Topliss-reactive ketones (excluding diaryl/α,β-unsaturated/α-hetero) is 1. The lowest BCUT2D eigenvalue weighted by Crippen LogP contribution is -2.09. The summed E-state index contributed by atoms with van der Waals surface area (Å²) in [7, 11) is 3.98. The van der Waals surface area contributed by atoms with Gasteiger partial charge in [0.25, 0.3) is 0 Å². The van der Waals surface area contributed by atoms with Crippen LogP contribution in [0.3, 0.4) is 0 Å². The summed E-state index contributed by atoms with van der Waals surface area (Å²) in [5.41, 5.74) is 4.00. The number of carbonyl (C=O) groups is 1. The van der Waals surface area contributed by atoms with Gasteiger partial charge in [-0.05, 0) is 53.4 Å². The Balaban J connectivity index is 1.78. The Bertz CT molecular complexity index is 769. The molecule has 0 spiro atoms. The number of hydrogen-bond donors (Lipinski definition) is 1. The fourth-order valence-corrected chi connectivity index (χ4v) is 2.45. The molecule has 0 amide bonds. The van der Waals surface area contributed by atoms with Gasteiger partial charge >= 0.3 is 0 Å².